The average molecular weight is 398 g/mol. The molecule has 0 aliphatic carbocycles. The van der Waals surface area contributed by atoms with E-state index in [1.165, 1.54) is 0 Å². The Balaban J connectivity index is 1.43. The van der Waals surface area contributed by atoms with Crippen LogP contribution in [0.1, 0.15) is 18.5 Å². The number of hydrogen-bond acceptors (Lipinski definition) is 4. The Kier molecular flexibility index (Phi) is 6.50. The first-order valence-corrected chi connectivity index (χ1v) is 9.21. The van der Waals surface area contributed by atoms with Gasteiger partial charge < -0.3 is 14.8 Å². The lowest BCUT2D eigenvalue weighted by Crippen LogP contribution is -2.31. The van der Waals surface area contributed by atoms with E-state index in [1.54, 1.807) is 18.2 Å². The van der Waals surface area contributed by atoms with Crippen molar-refractivity contribution >= 4 is 34.2 Å². The fourth-order valence-corrected chi connectivity index (χ4v) is 2.83. The monoisotopic (exact) mass is 397 g/mol. The number of amides is 1. The molecule has 0 saturated carbocycles. The minimum absolute atomic E-state index is 0.225. The molecule has 6 heteroatoms. The highest BCUT2D eigenvalue weighted by Gasteiger charge is 2.12. The first-order chi connectivity index (χ1) is 13.5. The van der Waals surface area contributed by atoms with E-state index in [9.17, 15) is 9.59 Å². The summed E-state index contributed by atoms with van der Waals surface area (Å²) in [6, 6.07) is 20.4. The Morgan fingerprint density at radius 2 is 1.68 bits per heavy atom. The predicted octanol–water partition coefficient (Wildman–Crippen LogP) is 4.29. The van der Waals surface area contributed by atoms with Crippen LogP contribution in [0.15, 0.2) is 66.7 Å². The minimum atomic E-state index is -0.609. The molecule has 3 rings (SSSR count). The first-order valence-electron chi connectivity index (χ1n) is 8.83. The minimum Gasteiger partial charge on any atom is -0.482 e. The molecule has 3 aromatic rings. The van der Waals surface area contributed by atoms with Crippen LogP contribution in [-0.4, -0.2) is 25.1 Å². The molecule has 1 N–H and O–H groups in total. The van der Waals surface area contributed by atoms with Crippen molar-refractivity contribution in [1.82, 2.24) is 5.32 Å². The van der Waals surface area contributed by atoms with Crippen LogP contribution in [0.25, 0.3) is 10.8 Å². The molecule has 0 aliphatic rings. The zero-order valence-electron chi connectivity index (χ0n) is 15.4. The smallest absolute Gasteiger partial charge is 0.344 e. The summed E-state index contributed by atoms with van der Waals surface area (Å²) in [6.45, 7) is 1.21. The number of fused-ring (bicyclic) bond motifs is 1. The number of rotatable bonds is 7. The number of esters is 1. The molecule has 0 spiro atoms. The zero-order valence-corrected chi connectivity index (χ0v) is 16.1. The van der Waals surface area contributed by atoms with Gasteiger partial charge in [-0.3, -0.25) is 4.79 Å². The van der Waals surface area contributed by atoms with Crippen molar-refractivity contribution in [2.45, 2.75) is 13.0 Å². The fraction of sp³-hybridized carbons (Fsp3) is 0.182. The van der Waals surface area contributed by atoms with Gasteiger partial charge in [-0.1, -0.05) is 54.1 Å². The molecule has 1 atom stereocenters. The van der Waals surface area contributed by atoms with Gasteiger partial charge in [0.05, 0.1) is 6.04 Å². The summed E-state index contributed by atoms with van der Waals surface area (Å²) in [5.41, 5.74) is 0.906. The van der Waals surface area contributed by atoms with Crippen LogP contribution in [-0.2, 0) is 14.3 Å². The van der Waals surface area contributed by atoms with Crippen LogP contribution in [0.4, 0.5) is 0 Å². The van der Waals surface area contributed by atoms with Crippen LogP contribution in [0.3, 0.4) is 0 Å². The van der Waals surface area contributed by atoms with Crippen molar-refractivity contribution in [3.8, 4) is 5.75 Å². The Bertz CT molecular complexity index is 972. The number of nitrogens with one attached hydrogen (secondary N) is 1. The van der Waals surface area contributed by atoms with E-state index in [4.69, 9.17) is 21.1 Å². The van der Waals surface area contributed by atoms with E-state index < -0.39 is 5.97 Å². The van der Waals surface area contributed by atoms with Gasteiger partial charge in [-0.05, 0) is 47.5 Å². The first kappa shape index (κ1) is 19.7. The van der Waals surface area contributed by atoms with Crippen molar-refractivity contribution < 1.29 is 19.1 Å². The van der Waals surface area contributed by atoms with E-state index in [0.717, 1.165) is 16.3 Å². The summed E-state index contributed by atoms with van der Waals surface area (Å²) in [7, 11) is 0. The molecule has 3 aromatic carbocycles. The number of carbonyl (C=O) groups excluding carboxylic acids is 2. The quantitative estimate of drug-likeness (QED) is 0.604. The van der Waals surface area contributed by atoms with Gasteiger partial charge in [0, 0.05) is 5.02 Å². The van der Waals surface area contributed by atoms with E-state index in [-0.39, 0.29) is 25.2 Å². The molecular formula is C22H20ClNO4. The molecule has 28 heavy (non-hydrogen) atoms. The molecule has 0 aliphatic heterocycles. The molecule has 5 nitrogen and oxygen atoms in total. The van der Waals surface area contributed by atoms with Gasteiger partial charge in [-0.25, -0.2) is 4.79 Å². The summed E-state index contributed by atoms with van der Waals surface area (Å²) < 4.78 is 10.4. The molecule has 0 heterocycles. The highest BCUT2D eigenvalue weighted by atomic mass is 35.5. The zero-order chi connectivity index (χ0) is 19.9. The molecule has 144 valence electrons. The number of benzene rings is 3. The number of carbonyl (C=O) groups is 2. The lowest BCUT2D eigenvalue weighted by molar-refractivity contribution is -0.150. The standard InChI is InChI=1S/C22H20ClNO4/c1-15(16-6-9-19(23)10-7-16)24-21(25)13-28-22(26)14-27-20-11-8-17-4-2-3-5-18(17)12-20/h2-12,15H,13-14H2,1H3,(H,24,25)/t15-/m1/s1. The lowest BCUT2D eigenvalue weighted by Gasteiger charge is -2.14. The van der Waals surface area contributed by atoms with Gasteiger partial charge in [0.25, 0.3) is 5.91 Å². The SMILES string of the molecule is C[C@@H](NC(=O)COC(=O)COc1ccc2ccccc2c1)c1ccc(Cl)cc1. The largest absolute Gasteiger partial charge is 0.482 e. The Labute approximate surface area is 168 Å². The number of ether oxygens (including phenoxy) is 2. The van der Waals surface area contributed by atoms with E-state index >= 15 is 0 Å². The summed E-state index contributed by atoms with van der Waals surface area (Å²) >= 11 is 5.85. The molecule has 1 amide bonds. The van der Waals surface area contributed by atoms with Gasteiger partial charge in [0.1, 0.15) is 5.75 Å². The highest BCUT2D eigenvalue weighted by Crippen LogP contribution is 2.20. The van der Waals surface area contributed by atoms with Crippen molar-refractivity contribution in [2.24, 2.45) is 0 Å². The molecule has 0 saturated heterocycles. The fourth-order valence-electron chi connectivity index (χ4n) is 2.71. The average Bonchev–Trinajstić information content (AvgIpc) is 2.71. The van der Waals surface area contributed by atoms with Crippen molar-refractivity contribution in [3.63, 3.8) is 0 Å². The predicted molar refractivity (Wildman–Crippen MR) is 108 cm³/mol. The maximum Gasteiger partial charge on any atom is 0.344 e. The summed E-state index contributed by atoms with van der Waals surface area (Å²) in [5, 5.41) is 5.50. The van der Waals surface area contributed by atoms with Crippen LogP contribution < -0.4 is 10.1 Å². The van der Waals surface area contributed by atoms with Gasteiger partial charge >= 0.3 is 5.97 Å². The van der Waals surface area contributed by atoms with Gasteiger partial charge in [0.2, 0.25) is 0 Å². The third-order valence-corrected chi connectivity index (χ3v) is 4.44. The van der Waals surface area contributed by atoms with Crippen molar-refractivity contribution in [3.05, 3.63) is 77.3 Å². The van der Waals surface area contributed by atoms with Gasteiger partial charge in [0.15, 0.2) is 13.2 Å². The second kappa shape index (κ2) is 9.24. The van der Waals surface area contributed by atoms with E-state index in [2.05, 4.69) is 5.32 Å². The van der Waals surface area contributed by atoms with Crippen LogP contribution in [0.5, 0.6) is 5.75 Å². The number of hydrogen-bond donors (Lipinski definition) is 1. The molecule has 0 aromatic heterocycles. The Hall–Kier alpha value is -3.05. The maximum atomic E-state index is 12.0. The van der Waals surface area contributed by atoms with Crippen LogP contribution >= 0.6 is 11.6 Å². The molecule has 0 bridgehead atoms. The van der Waals surface area contributed by atoms with Crippen LogP contribution in [0, 0.1) is 0 Å². The van der Waals surface area contributed by atoms with Crippen molar-refractivity contribution in [2.75, 3.05) is 13.2 Å². The molecular weight excluding hydrogens is 378 g/mol. The lowest BCUT2D eigenvalue weighted by atomic mass is 10.1. The van der Waals surface area contributed by atoms with Gasteiger partial charge in [-0.15, -0.1) is 0 Å². The summed E-state index contributed by atoms with van der Waals surface area (Å²) in [4.78, 5) is 23.8. The van der Waals surface area contributed by atoms with Crippen molar-refractivity contribution in [1.29, 1.82) is 0 Å². The Morgan fingerprint density at radius 3 is 2.43 bits per heavy atom. The summed E-state index contributed by atoms with van der Waals surface area (Å²) in [6.07, 6.45) is 0. The van der Waals surface area contributed by atoms with E-state index in [0.29, 0.717) is 10.8 Å². The summed E-state index contributed by atoms with van der Waals surface area (Å²) in [5.74, 6) is -0.430. The topological polar surface area (TPSA) is 64.6 Å². The third-order valence-electron chi connectivity index (χ3n) is 4.19. The normalized spacial score (nSPS) is 11.6. The number of halogens is 1. The molecule has 0 unspecified atom stereocenters. The van der Waals surface area contributed by atoms with Gasteiger partial charge in [-0.2, -0.15) is 0 Å². The third kappa shape index (κ3) is 5.47. The molecule has 0 fully saturated rings. The second-order valence-corrected chi connectivity index (χ2v) is 6.74. The van der Waals surface area contributed by atoms with E-state index in [1.807, 2.05) is 55.5 Å². The Morgan fingerprint density at radius 1 is 0.964 bits per heavy atom. The molecule has 0 radical (unpaired) electrons. The maximum absolute atomic E-state index is 12.0. The highest BCUT2D eigenvalue weighted by molar-refractivity contribution is 6.30. The van der Waals surface area contributed by atoms with Crippen LogP contribution in [0.2, 0.25) is 5.02 Å². The second-order valence-electron chi connectivity index (χ2n) is 6.30.